The van der Waals surface area contributed by atoms with Gasteiger partial charge in [0, 0.05) is 13.6 Å². The fourth-order valence-electron chi connectivity index (χ4n) is 3.70. The smallest absolute Gasteiger partial charge is 0.277 e. The first-order valence-corrected chi connectivity index (χ1v) is 10.3. The lowest BCUT2D eigenvalue weighted by atomic mass is 10.2. The van der Waals surface area contributed by atoms with E-state index in [9.17, 15) is 4.79 Å². The number of carbonyl (C=O) groups is 1. The number of quaternary nitrogens is 1. The van der Waals surface area contributed by atoms with Gasteiger partial charge in [-0.05, 0) is 36.8 Å². The van der Waals surface area contributed by atoms with Crippen molar-refractivity contribution in [3.63, 3.8) is 0 Å². The molecule has 1 aliphatic rings. The summed E-state index contributed by atoms with van der Waals surface area (Å²) in [6.45, 7) is 7.52. The number of hydrogen-bond donors (Lipinski definition) is 1. The maximum absolute atomic E-state index is 12.7. The fraction of sp³-hybridized carbons (Fsp3) is 0.435. The molecule has 1 N–H and O–H groups in total. The van der Waals surface area contributed by atoms with E-state index in [2.05, 4.69) is 11.0 Å². The minimum atomic E-state index is 0.180. The molecule has 6 nitrogen and oxygen atoms in total. The monoisotopic (exact) mass is 398 g/mol. The van der Waals surface area contributed by atoms with E-state index in [1.54, 1.807) is 7.11 Å². The lowest BCUT2D eigenvalue weighted by Crippen LogP contribution is -3.15. The van der Waals surface area contributed by atoms with Crippen LogP contribution in [0.3, 0.4) is 0 Å². The van der Waals surface area contributed by atoms with Crippen LogP contribution in [0, 0.1) is 0 Å². The summed E-state index contributed by atoms with van der Waals surface area (Å²) in [6.07, 6.45) is 0. The summed E-state index contributed by atoms with van der Waals surface area (Å²) in [6, 6.07) is 16.1. The van der Waals surface area contributed by atoms with Crippen molar-refractivity contribution >= 4 is 11.6 Å². The van der Waals surface area contributed by atoms with E-state index in [4.69, 9.17) is 9.47 Å². The quantitative estimate of drug-likeness (QED) is 0.731. The second-order valence-corrected chi connectivity index (χ2v) is 7.41. The zero-order valence-corrected chi connectivity index (χ0v) is 17.7. The molecular formula is C23H32N3O3+. The Morgan fingerprint density at radius 1 is 1.10 bits per heavy atom. The molecule has 6 heteroatoms. The number of hydrogen-bond acceptors (Lipinski definition) is 4. The summed E-state index contributed by atoms with van der Waals surface area (Å²) >= 11 is 0. The first kappa shape index (κ1) is 21.0. The van der Waals surface area contributed by atoms with E-state index in [0.717, 1.165) is 48.9 Å². The Bertz CT molecular complexity index is 786. The number of methoxy groups -OCH3 is 1. The highest BCUT2D eigenvalue weighted by Crippen LogP contribution is 2.27. The van der Waals surface area contributed by atoms with Crippen LogP contribution in [-0.4, -0.2) is 64.3 Å². The number of nitrogens with one attached hydrogen (secondary N) is 1. The summed E-state index contributed by atoms with van der Waals surface area (Å²) in [5.74, 6) is 1.95. The molecule has 3 rings (SSSR count). The van der Waals surface area contributed by atoms with Gasteiger partial charge in [0.1, 0.15) is 11.5 Å². The van der Waals surface area contributed by atoms with E-state index in [0.29, 0.717) is 19.7 Å². The van der Waals surface area contributed by atoms with Gasteiger partial charge in [0.05, 0.1) is 45.6 Å². The van der Waals surface area contributed by atoms with Crippen molar-refractivity contribution in [2.75, 3.05) is 58.4 Å². The maximum atomic E-state index is 12.7. The molecule has 29 heavy (non-hydrogen) atoms. The van der Waals surface area contributed by atoms with Crippen molar-refractivity contribution in [2.45, 2.75) is 13.5 Å². The molecule has 0 bridgehead atoms. The number of benzene rings is 2. The molecule has 0 spiro atoms. The number of rotatable bonds is 8. The number of likely N-dealkylation sites (N-methyl/N-ethyl adjacent to an activating group) is 1. The van der Waals surface area contributed by atoms with Crippen LogP contribution in [0.2, 0.25) is 0 Å². The largest absolute Gasteiger partial charge is 0.495 e. The van der Waals surface area contributed by atoms with Gasteiger partial charge in [-0.25, -0.2) is 0 Å². The molecule has 0 saturated carbocycles. The average molecular weight is 399 g/mol. The van der Waals surface area contributed by atoms with Crippen molar-refractivity contribution in [3.8, 4) is 11.5 Å². The first-order chi connectivity index (χ1) is 14.1. The Morgan fingerprint density at radius 3 is 2.45 bits per heavy atom. The van der Waals surface area contributed by atoms with Crippen LogP contribution < -0.4 is 19.3 Å². The Labute approximate surface area is 173 Å². The maximum Gasteiger partial charge on any atom is 0.277 e. The third-order valence-corrected chi connectivity index (χ3v) is 5.38. The number of nitrogens with zero attached hydrogens (tertiary/aromatic N) is 2. The molecule has 0 unspecified atom stereocenters. The Morgan fingerprint density at radius 2 is 1.79 bits per heavy atom. The molecular weight excluding hydrogens is 366 g/mol. The second kappa shape index (κ2) is 10.2. The summed E-state index contributed by atoms with van der Waals surface area (Å²) in [7, 11) is 3.59. The van der Waals surface area contributed by atoms with Crippen molar-refractivity contribution in [1.82, 2.24) is 4.90 Å². The Balaban J connectivity index is 1.47. The second-order valence-electron chi connectivity index (χ2n) is 7.41. The van der Waals surface area contributed by atoms with Crippen molar-refractivity contribution < 1.29 is 19.2 Å². The third-order valence-electron chi connectivity index (χ3n) is 5.38. The summed E-state index contributed by atoms with van der Waals surface area (Å²) in [5, 5.41) is 0. The molecule has 0 aromatic heterocycles. The zero-order chi connectivity index (χ0) is 20.6. The standard InChI is InChI=1S/C23H31N3O3/c1-4-29-20-11-9-19(10-12-20)17-24(2)23(27)18-25-13-15-26(16-14-25)21-7-5-6-8-22(21)28-3/h5-12H,4,13-18H2,1-3H3/p+1. The van der Waals surface area contributed by atoms with E-state index >= 15 is 0 Å². The van der Waals surface area contributed by atoms with Crippen LogP contribution in [0.25, 0.3) is 0 Å². The van der Waals surface area contributed by atoms with Crippen LogP contribution >= 0.6 is 0 Å². The molecule has 1 fully saturated rings. The van der Waals surface area contributed by atoms with Gasteiger partial charge in [0.2, 0.25) is 0 Å². The van der Waals surface area contributed by atoms with Crippen LogP contribution in [-0.2, 0) is 11.3 Å². The molecule has 0 aliphatic carbocycles. The Kier molecular flexibility index (Phi) is 7.36. The number of piperazine rings is 1. The number of carbonyl (C=O) groups excluding carboxylic acids is 1. The molecule has 0 atom stereocenters. The summed E-state index contributed by atoms with van der Waals surface area (Å²) in [4.78, 5) is 18.2. The molecule has 1 saturated heterocycles. The molecule has 1 amide bonds. The van der Waals surface area contributed by atoms with Gasteiger partial charge in [-0.15, -0.1) is 0 Å². The highest BCUT2D eigenvalue weighted by Gasteiger charge is 2.25. The Hall–Kier alpha value is -2.73. The molecule has 1 heterocycles. The van der Waals surface area contributed by atoms with Gasteiger partial charge in [-0.3, -0.25) is 4.79 Å². The van der Waals surface area contributed by atoms with E-state index < -0.39 is 0 Å². The molecule has 156 valence electrons. The van der Waals surface area contributed by atoms with Crippen LogP contribution in [0.1, 0.15) is 12.5 Å². The summed E-state index contributed by atoms with van der Waals surface area (Å²) in [5.41, 5.74) is 2.24. The van der Waals surface area contributed by atoms with Crippen molar-refractivity contribution in [1.29, 1.82) is 0 Å². The average Bonchev–Trinajstić information content (AvgIpc) is 2.76. The molecule has 0 radical (unpaired) electrons. The molecule has 1 aliphatic heterocycles. The van der Waals surface area contributed by atoms with Gasteiger partial charge in [-0.2, -0.15) is 0 Å². The summed E-state index contributed by atoms with van der Waals surface area (Å²) < 4.78 is 11.0. The zero-order valence-electron chi connectivity index (χ0n) is 17.7. The van der Waals surface area contributed by atoms with Crippen LogP contribution in [0.15, 0.2) is 48.5 Å². The SMILES string of the molecule is CCOc1ccc(CN(C)C(=O)C[NH+]2CCN(c3ccccc3OC)CC2)cc1. The minimum Gasteiger partial charge on any atom is -0.495 e. The van der Waals surface area contributed by atoms with Gasteiger partial charge in [0.25, 0.3) is 5.91 Å². The van der Waals surface area contributed by atoms with Crippen LogP contribution in [0.5, 0.6) is 11.5 Å². The highest BCUT2D eigenvalue weighted by atomic mass is 16.5. The molecule has 2 aromatic carbocycles. The lowest BCUT2D eigenvalue weighted by Gasteiger charge is -2.34. The van der Waals surface area contributed by atoms with Crippen molar-refractivity contribution in [2.24, 2.45) is 0 Å². The van der Waals surface area contributed by atoms with Gasteiger partial charge >= 0.3 is 0 Å². The number of para-hydroxylation sites is 2. The fourth-order valence-corrected chi connectivity index (χ4v) is 3.70. The normalized spacial score (nSPS) is 14.5. The minimum absolute atomic E-state index is 0.180. The number of amides is 1. The van der Waals surface area contributed by atoms with Gasteiger partial charge < -0.3 is 24.2 Å². The first-order valence-electron chi connectivity index (χ1n) is 10.3. The lowest BCUT2D eigenvalue weighted by molar-refractivity contribution is -0.892. The third kappa shape index (κ3) is 5.64. The van der Waals surface area contributed by atoms with Gasteiger partial charge in [0.15, 0.2) is 6.54 Å². The van der Waals surface area contributed by atoms with E-state index in [1.165, 1.54) is 4.90 Å². The number of anilines is 1. The topological polar surface area (TPSA) is 46.5 Å². The van der Waals surface area contributed by atoms with E-state index in [1.807, 2.05) is 61.3 Å². The van der Waals surface area contributed by atoms with E-state index in [-0.39, 0.29) is 5.91 Å². The molecule has 2 aromatic rings. The number of ether oxygens (including phenoxy) is 2. The van der Waals surface area contributed by atoms with Gasteiger partial charge in [-0.1, -0.05) is 24.3 Å². The predicted molar refractivity (Wildman–Crippen MR) is 115 cm³/mol. The highest BCUT2D eigenvalue weighted by molar-refractivity contribution is 5.76. The van der Waals surface area contributed by atoms with Crippen molar-refractivity contribution in [3.05, 3.63) is 54.1 Å². The van der Waals surface area contributed by atoms with Crippen LogP contribution in [0.4, 0.5) is 5.69 Å². The predicted octanol–water partition coefficient (Wildman–Crippen LogP) is 1.46.